The van der Waals surface area contributed by atoms with Crippen LogP contribution in [0.1, 0.15) is 10.4 Å². The number of aromatic nitrogens is 1. The Bertz CT molecular complexity index is 400. The van der Waals surface area contributed by atoms with E-state index >= 15 is 0 Å². The predicted octanol–water partition coefficient (Wildman–Crippen LogP) is -0.0435. The molecule has 0 aliphatic heterocycles. The van der Waals surface area contributed by atoms with Crippen LogP contribution in [0.15, 0.2) is 24.5 Å². The van der Waals surface area contributed by atoms with E-state index in [0.29, 0.717) is 23.6 Å². The van der Waals surface area contributed by atoms with Crippen LogP contribution in [0, 0.1) is 0 Å². The molecule has 4 N–H and O–H groups in total. The van der Waals surface area contributed by atoms with Crippen LogP contribution < -0.4 is 11.1 Å². The summed E-state index contributed by atoms with van der Waals surface area (Å²) in [7, 11) is 0. The van der Waals surface area contributed by atoms with Gasteiger partial charge in [0.1, 0.15) is 6.04 Å². The number of hydrogen-bond donors (Lipinski definition) is 3. The monoisotopic (exact) mass is 269 g/mol. The van der Waals surface area contributed by atoms with E-state index in [9.17, 15) is 9.59 Å². The molecule has 1 unspecified atom stereocenters. The zero-order chi connectivity index (χ0) is 13.4. The topological polar surface area (TPSA) is 105 Å². The number of nitrogens with one attached hydrogen (secondary N) is 1. The summed E-state index contributed by atoms with van der Waals surface area (Å²) < 4.78 is 0. The highest BCUT2D eigenvalue weighted by molar-refractivity contribution is 7.99. The number of nitrogens with zero attached hydrogens (tertiary/aromatic N) is 1. The van der Waals surface area contributed by atoms with Crippen molar-refractivity contribution in [2.75, 3.05) is 18.1 Å². The average molecular weight is 269 g/mol. The standard InChI is InChI=1S/C11H15N3O3S/c12-9(11(16)17)7-18-5-4-14-10(15)8-2-1-3-13-6-8/h1-3,6,9H,4-5,7,12H2,(H,14,15)(H,16,17). The first-order valence-electron chi connectivity index (χ1n) is 5.35. The third-order valence-corrected chi connectivity index (χ3v) is 3.16. The van der Waals surface area contributed by atoms with Crippen LogP contribution in [-0.2, 0) is 4.79 Å². The van der Waals surface area contributed by atoms with Crippen LogP contribution in [0.5, 0.6) is 0 Å². The number of carboxylic acid groups (broad SMARTS) is 1. The molecule has 1 amide bonds. The first kappa shape index (κ1) is 14.5. The molecule has 7 heteroatoms. The van der Waals surface area contributed by atoms with Gasteiger partial charge in [-0.25, -0.2) is 0 Å². The van der Waals surface area contributed by atoms with Gasteiger partial charge >= 0.3 is 5.97 Å². The second-order valence-corrected chi connectivity index (χ2v) is 4.67. The lowest BCUT2D eigenvalue weighted by molar-refractivity contribution is -0.137. The van der Waals surface area contributed by atoms with Crippen molar-refractivity contribution in [3.63, 3.8) is 0 Å². The Morgan fingerprint density at radius 1 is 1.56 bits per heavy atom. The Labute approximate surface area is 109 Å². The van der Waals surface area contributed by atoms with E-state index < -0.39 is 12.0 Å². The molecule has 0 saturated heterocycles. The maximum atomic E-state index is 11.6. The van der Waals surface area contributed by atoms with Gasteiger partial charge in [-0.05, 0) is 12.1 Å². The van der Waals surface area contributed by atoms with E-state index in [0.717, 1.165) is 0 Å². The smallest absolute Gasteiger partial charge is 0.321 e. The lowest BCUT2D eigenvalue weighted by atomic mass is 10.3. The van der Waals surface area contributed by atoms with Gasteiger partial charge in [0.05, 0.1) is 5.56 Å². The number of hydrogen-bond acceptors (Lipinski definition) is 5. The van der Waals surface area contributed by atoms with E-state index in [1.54, 1.807) is 18.3 Å². The minimum Gasteiger partial charge on any atom is -0.480 e. The normalized spacial score (nSPS) is 11.8. The first-order chi connectivity index (χ1) is 8.61. The summed E-state index contributed by atoms with van der Waals surface area (Å²) in [5.41, 5.74) is 5.84. The zero-order valence-corrected chi connectivity index (χ0v) is 10.5. The van der Waals surface area contributed by atoms with Crippen LogP contribution in [0.2, 0.25) is 0 Å². The fourth-order valence-electron chi connectivity index (χ4n) is 1.12. The van der Waals surface area contributed by atoms with Gasteiger partial charge in [-0.15, -0.1) is 0 Å². The molecule has 6 nitrogen and oxygen atoms in total. The molecule has 0 aromatic carbocycles. The summed E-state index contributed by atoms with van der Waals surface area (Å²) in [6, 6.07) is 2.51. The highest BCUT2D eigenvalue weighted by Gasteiger charge is 2.10. The Kier molecular flexibility index (Phi) is 6.16. The summed E-state index contributed by atoms with van der Waals surface area (Å²) in [5, 5.41) is 11.3. The molecular formula is C11H15N3O3S. The number of pyridine rings is 1. The summed E-state index contributed by atoms with van der Waals surface area (Å²) in [6.45, 7) is 0.463. The van der Waals surface area contributed by atoms with Gasteiger partial charge < -0.3 is 16.2 Å². The van der Waals surface area contributed by atoms with Crippen molar-refractivity contribution in [1.82, 2.24) is 10.3 Å². The first-order valence-corrected chi connectivity index (χ1v) is 6.51. The number of aliphatic carboxylic acids is 1. The summed E-state index contributed by atoms with van der Waals surface area (Å²) in [5.74, 6) is -0.251. The van der Waals surface area contributed by atoms with E-state index in [2.05, 4.69) is 10.3 Å². The maximum absolute atomic E-state index is 11.6. The van der Waals surface area contributed by atoms with Crippen molar-refractivity contribution >= 4 is 23.6 Å². The Balaban J connectivity index is 2.15. The third kappa shape index (κ3) is 5.15. The summed E-state index contributed by atoms with van der Waals surface area (Å²) in [4.78, 5) is 25.9. The van der Waals surface area contributed by atoms with Gasteiger partial charge in [-0.3, -0.25) is 14.6 Å². The number of carbonyl (C=O) groups excluding carboxylic acids is 1. The van der Waals surface area contributed by atoms with Gasteiger partial charge in [-0.2, -0.15) is 11.8 Å². The lowest BCUT2D eigenvalue weighted by Crippen LogP contribution is -2.33. The molecule has 0 bridgehead atoms. The Hall–Kier alpha value is -1.60. The molecule has 0 spiro atoms. The Morgan fingerprint density at radius 3 is 2.94 bits per heavy atom. The SMILES string of the molecule is NC(CSCCNC(=O)c1cccnc1)C(=O)O. The van der Waals surface area contributed by atoms with Crippen molar-refractivity contribution in [2.24, 2.45) is 5.73 Å². The van der Waals surface area contributed by atoms with Crippen molar-refractivity contribution in [3.8, 4) is 0 Å². The van der Waals surface area contributed by atoms with E-state index in [4.69, 9.17) is 10.8 Å². The van der Waals surface area contributed by atoms with Crippen molar-refractivity contribution in [3.05, 3.63) is 30.1 Å². The van der Waals surface area contributed by atoms with Crippen molar-refractivity contribution in [1.29, 1.82) is 0 Å². The van der Waals surface area contributed by atoms with E-state index in [1.165, 1.54) is 18.0 Å². The number of nitrogens with two attached hydrogens (primary N) is 1. The molecule has 0 aliphatic rings. The molecule has 1 atom stereocenters. The molecule has 0 radical (unpaired) electrons. The molecule has 1 aromatic rings. The van der Waals surface area contributed by atoms with Gasteiger partial charge in [-0.1, -0.05) is 0 Å². The molecule has 1 heterocycles. The zero-order valence-electron chi connectivity index (χ0n) is 9.70. The van der Waals surface area contributed by atoms with Crippen LogP contribution in [0.4, 0.5) is 0 Å². The van der Waals surface area contributed by atoms with Gasteiger partial charge in [0.15, 0.2) is 0 Å². The largest absolute Gasteiger partial charge is 0.480 e. The fourth-order valence-corrected chi connectivity index (χ4v) is 1.93. The number of rotatable bonds is 7. The number of amides is 1. The third-order valence-electron chi connectivity index (χ3n) is 2.07. The van der Waals surface area contributed by atoms with Crippen molar-refractivity contribution in [2.45, 2.75) is 6.04 Å². The molecule has 98 valence electrons. The molecule has 0 aliphatic carbocycles. The molecule has 0 saturated carbocycles. The highest BCUT2D eigenvalue weighted by atomic mass is 32.2. The number of thioether (sulfide) groups is 1. The van der Waals surface area contributed by atoms with Crippen LogP contribution in [0.25, 0.3) is 0 Å². The second-order valence-electron chi connectivity index (χ2n) is 3.52. The second kappa shape index (κ2) is 7.67. The van der Waals surface area contributed by atoms with E-state index in [-0.39, 0.29) is 5.91 Å². The number of carbonyl (C=O) groups is 2. The fraction of sp³-hybridized carbons (Fsp3) is 0.364. The van der Waals surface area contributed by atoms with Gasteiger partial charge in [0, 0.05) is 30.4 Å². The maximum Gasteiger partial charge on any atom is 0.321 e. The van der Waals surface area contributed by atoms with Crippen molar-refractivity contribution < 1.29 is 14.7 Å². The summed E-state index contributed by atoms with van der Waals surface area (Å²) in [6.07, 6.45) is 3.09. The predicted molar refractivity (Wildman–Crippen MR) is 69.5 cm³/mol. The minimum atomic E-state index is -1.01. The van der Waals surface area contributed by atoms with Crippen LogP contribution in [-0.4, -0.2) is 46.1 Å². The molecule has 18 heavy (non-hydrogen) atoms. The van der Waals surface area contributed by atoms with Crippen LogP contribution in [0.3, 0.4) is 0 Å². The Morgan fingerprint density at radius 2 is 2.33 bits per heavy atom. The van der Waals surface area contributed by atoms with Gasteiger partial charge in [0.2, 0.25) is 0 Å². The average Bonchev–Trinajstić information content (AvgIpc) is 2.38. The number of carboxylic acids is 1. The van der Waals surface area contributed by atoms with Gasteiger partial charge in [0.25, 0.3) is 5.91 Å². The molecule has 0 fully saturated rings. The minimum absolute atomic E-state index is 0.189. The van der Waals surface area contributed by atoms with E-state index in [1.807, 2.05) is 0 Å². The quantitative estimate of drug-likeness (QED) is 0.600. The molecular weight excluding hydrogens is 254 g/mol. The molecule has 1 rings (SSSR count). The molecule has 1 aromatic heterocycles. The highest BCUT2D eigenvalue weighted by Crippen LogP contribution is 2.01. The lowest BCUT2D eigenvalue weighted by Gasteiger charge is -2.07. The van der Waals surface area contributed by atoms with Crippen LogP contribution >= 0.6 is 11.8 Å². The summed E-state index contributed by atoms with van der Waals surface area (Å²) >= 11 is 1.39.